The summed E-state index contributed by atoms with van der Waals surface area (Å²) in [6.45, 7) is 4.22. The third-order valence-electron chi connectivity index (χ3n) is 2.17. The van der Waals surface area contributed by atoms with Crippen LogP contribution in [0.3, 0.4) is 0 Å². The minimum atomic E-state index is 0.0868. The van der Waals surface area contributed by atoms with Gasteiger partial charge in [-0.05, 0) is 19.3 Å². The van der Waals surface area contributed by atoms with Crippen molar-refractivity contribution in [3.05, 3.63) is 12.2 Å². The predicted octanol–water partition coefficient (Wildman–Crippen LogP) is 1.69. The molecule has 0 amide bonds. The number of allylic oxidation sites excluding steroid dienone is 1. The zero-order valence-electron chi connectivity index (χ0n) is 6.22. The molecule has 0 aliphatic heterocycles. The van der Waals surface area contributed by atoms with Crippen molar-refractivity contribution in [2.24, 2.45) is 11.7 Å². The van der Waals surface area contributed by atoms with Crippen molar-refractivity contribution in [1.29, 1.82) is 0 Å². The van der Waals surface area contributed by atoms with Crippen molar-refractivity contribution in [3.8, 4) is 0 Å². The van der Waals surface area contributed by atoms with Gasteiger partial charge < -0.3 is 5.73 Å². The molecule has 1 rings (SSSR count). The minimum absolute atomic E-state index is 0.0868. The highest BCUT2D eigenvalue weighted by atomic mass is 14.8. The van der Waals surface area contributed by atoms with Crippen LogP contribution < -0.4 is 5.73 Å². The Labute approximate surface area is 56.9 Å². The Hall–Kier alpha value is -0.300. The van der Waals surface area contributed by atoms with Crippen LogP contribution in [-0.2, 0) is 0 Å². The number of hydrogen-bond donors (Lipinski definition) is 1. The van der Waals surface area contributed by atoms with E-state index in [0.29, 0.717) is 0 Å². The maximum absolute atomic E-state index is 5.93. The summed E-state index contributed by atoms with van der Waals surface area (Å²) in [6.07, 6.45) is 6.59. The molecule has 1 unspecified atom stereocenters. The molecule has 0 saturated heterocycles. The largest absolute Gasteiger partial charge is 0.322 e. The van der Waals surface area contributed by atoms with E-state index in [-0.39, 0.29) is 5.54 Å². The van der Waals surface area contributed by atoms with Gasteiger partial charge in [0.05, 0.1) is 0 Å². The van der Waals surface area contributed by atoms with Crippen molar-refractivity contribution < 1.29 is 0 Å². The van der Waals surface area contributed by atoms with Gasteiger partial charge in [-0.25, -0.2) is 0 Å². The molecular weight excluding hydrogens is 110 g/mol. The fraction of sp³-hybridized carbons (Fsp3) is 0.750. The van der Waals surface area contributed by atoms with Crippen molar-refractivity contribution in [2.45, 2.75) is 32.2 Å². The number of nitrogens with two attached hydrogens (primary N) is 1. The first-order valence-electron chi connectivity index (χ1n) is 3.65. The van der Waals surface area contributed by atoms with E-state index in [1.165, 1.54) is 12.8 Å². The Bertz CT molecular complexity index is 129. The molecule has 52 valence electrons. The summed E-state index contributed by atoms with van der Waals surface area (Å²) in [6, 6.07) is 0. The Morgan fingerprint density at radius 3 is 2.78 bits per heavy atom. The second-order valence-electron chi connectivity index (χ2n) is 2.92. The highest BCUT2D eigenvalue weighted by Gasteiger charge is 2.46. The Morgan fingerprint density at radius 2 is 2.44 bits per heavy atom. The molecule has 0 aromatic rings. The molecule has 1 fully saturated rings. The van der Waals surface area contributed by atoms with Crippen molar-refractivity contribution >= 4 is 0 Å². The first-order chi connectivity index (χ1) is 4.23. The molecule has 1 nitrogen and oxygen atoms in total. The standard InChI is InChI=1S/C8H15N/c1-3-5-8(9)6-7(8)4-2/h3,5,7H,4,6,9H2,1-2H3/t7?,8-/m1/s1. The molecular formula is C8H15N. The summed E-state index contributed by atoms with van der Waals surface area (Å²) >= 11 is 0. The monoisotopic (exact) mass is 125 g/mol. The molecule has 1 aliphatic rings. The lowest BCUT2D eigenvalue weighted by atomic mass is 10.2. The molecule has 0 bridgehead atoms. The summed E-state index contributed by atoms with van der Waals surface area (Å²) < 4.78 is 0. The summed E-state index contributed by atoms with van der Waals surface area (Å²) in [4.78, 5) is 0. The summed E-state index contributed by atoms with van der Waals surface area (Å²) in [5.41, 5.74) is 6.01. The SMILES string of the molecule is CC=C[C@@]1(N)CC1CC. The van der Waals surface area contributed by atoms with Gasteiger partial charge in [-0.3, -0.25) is 0 Å². The molecule has 9 heavy (non-hydrogen) atoms. The van der Waals surface area contributed by atoms with Gasteiger partial charge in [0.1, 0.15) is 0 Å². The third-order valence-corrected chi connectivity index (χ3v) is 2.17. The number of hydrogen-bond acceptors (Lipinski definition) is 1. The predicted molar refractivity (Wildman–Crippen MR) is 40.1 cm³/mol. The topological polar surface area (TPSA) is 26.0 Å². The zero-order valence-corrected chi connectivity index (χ0v) is 6.22. The van der Waals surface area contributed by atoms with E-state index >= 15 is 0 Å². The van der Waals surface area contributed by atoms with E-state index in [4.69, 9.17) is 5.73 Å². The Balaban J connectivity index is 2.42. The lowest BCUT2D eigenvalue weighted by molar-refractivity contribution is 0.682. The van der Waals surface area contributed by atoms with Gasteiger partial charge in [0.15, 0.2) is 0 Å². The molecule has 1 heteroatoms. The second kappa shape index (κ2) is 2.14. The molecule has 0 spiro atoms. The highest BCUT2D eigenvalue weighted by Crippen LogP contribution is 2.44. The van der Waals surface area contributed by atoms with Crippen LogP contribution in [0.5, 0.6) is 0 Å². The molecule has 0 heterocycles. The first kappa shape index (κ1) is 6.81. The average Bonchev–Trinajstić information content (AvgIpc) is 2.43. The van der Waals surface area contributed by atoms with Crippen LogP contribution in [0.15, 0.2) is 12.2 Å². The minimum Gasteiger partial charge on any atom is -0.322 e. The summed E-state index contributed by atoms with van der Waals surface area (Å²) in [5, 5.41) is 0. The second-order valence-corrected chi connectivity index (χ2v) is 2.92. The van der Waals surface area contributed by atoms with Gasteiger partial charge in [-0.15, -0.1) is 0 Å². The van der Waals surface area contributed by atoms with Crippen LogP contribution in [0, 0.1) is 5.92 Å². The van der Waals surface area contributed by atoms with Gasteiger partial charge in [-0.2, -0.15) is 0 Å². The molecule has 1 aliphatic carbocycles. The van der Waals surface area contributed by atoms with Crippen LogP contribution >= 0.6 is 0 Å². The fourth-order valence-corrected chi connectivity index (χ4v) is 1.41. The van der Waals surface area contributed by atoms with Crippen LogP contribution in [0.25, 0.3) is 0 Å². The van der Waals surface area contributed by atoms with E-state index in [9.17, 15) is 0 Å². The summed E-state index contributed by atoms with van der Waals surface area (Å²) in [7, 11) is 0. The van der Waals surface area contributed by atoms with E-state index in [2.05, 4.69) is 19.1 Å². The lowest BCUT2D eigenvalue weighted by Crippen LogP contribution is -2.21. The Kier molecular flexibility index (Phi) is 1.62. The van der Waals surface area contributed by atoms with Crippen molar-refractivity contribution in [3.63, 3.8) is 0 Å². The quantitative estimate of drug-likeness (QED) is 0.558. The smallest absolute Gasteiger partial charge is 0.0371 e. The molecule has 1 saturated carbocycles. The van der Waals surface area contributed by atoms with Crippen LogP contribution in [0.1, 0.15) is 26.7 Å². The average molecular weight is 125 g/mol. The van der Waals surface area contributed by atoms with Crippen LogP contribution in [0.4, 0.5) is 0 Å². The van der Waals surface area contributed by atoms with Crippen LogP contribution in [0.2, 0.25) is 0 Å². The van der Waals surface area contributed by atoms with Gasteiger partial charge in [0.2, 0.25) is 0 Å². The first-order valence-corrected chi connectivity index (χ1v) is 3.65. The van der Waals surface area contributed by atoms with Gasteiger partial charge >= 0.3 is 0 Å². The van der Waals surface area contributed by atoms with Crippen LogP contribution in [-0.4, -0.2) is 5.54 Å². The zero-order chi connectivity index (χ0) is 6.91. The van der Waals surface area contributed by atoms with E-state index in [1.54, 1.807) is 0 Å². The van der Waals surface area contributed by atoms with E-state index < -0.39 is 0 Å². The normalized spacial score (nSPS) is 41.9. The van der Waals surface area contributed by atoms with Gasteiger partial charge in [0, 0.05) is 5.54 Å². The number of rotatable bonds is 2. The van der Waals surface area contributed by atoms with Gasteiger partial charge in [-0.1, -0.05) is 25.5 Å². The molecule has 2 atom stereocenters. The Morgan fingerprint density at radius 1 is 1.78 bits per heavy atom. The molecule has 0 aromatic heterocycles. The van der Waals surface area contributed by atoms with Gasteiger partial charge in [0.25, 0.3) is 0 Å². The maximum atomic E-state index is 5.93. The molecule has 2 N–H and O–H groups in total. The molecule has 0 aromatic carbocycles. The van der Waals surface area contributed by atoms with E-state index in [0.717, 1.165) is 5.92 Å². The third kappa shape index (κ3) is 1.16. The maximum Gasteiger partial charge on any atom is 0.0371 e. The summed E-state index contributed by atoms with van der Waals surface area (Å²) in [5.74, 6) is 0.758. The van der Waals surface area contributed by atoms with Crippen molar-refractivity contribution in [2.75, 3.05) is 0 Å². The lowest BCUT2D eigenvalue weighted by Gasteiger charge is -2.00. The van der Waals surface area contributed by atoms with Crippen molar-refractivity contribution in [1.82, 2.24) is 0 Å². The highest BCUT2D eigenvalue weighted by molar-refractivity contribution is 5.19. The van der Waals surface area contributed by atoms with E-state index in [1.807, 2.05) is 6.92 Å². The fourth-order valence-electron chi connectivity index (χ4n) is 1.41. The molecule has 0 radical (unpaired) electrons.